The number of aromatic nitrogens is 1. The number of nitrogens with one attached hydrogen (secondary N) is 1. The van der Waals surface area contributed by atoms with E-state index in [1.807, 2.05) is 92.9 Å². The van der Waals surface area contributed by atoms with Crippen molar-refractivity contribution in [3.05, 3.63) is 108 Å². The molecule has 0 saturated carbocycles. The number of rotatable bonds is 8. The molecule has 1 atom stereocenters. The van der Waals surface area contributed by atoms with Gasteiger partial charge < -0.3 is 5.32 Å². The van der Waals surface area contributed by atoms with Crippen LogP contribution in [0.25, 0.3) is 16.5 Å². The molecule has 3 rings (SSSR count). The van der Waals surface area contributed by atoms with Gasteiger partial charge in [-0.15, -0.1) is 0 Å². The molecule has 0 bridgehead atoms. The molecular formula is C27H28N2OS. The van der Waals surface area contributed by atoms with Crippen LogP contribution in [0.2, 0.25) is 0 Å². The number of nitrogens with zero attached hydrogens (tertiary/aromatic N) is 1. The minimum atomic E-state index is -0.104. The number of benzene rings is 2. The van der Waals surface area contributed by atoms with Gasteiger partial charge in [0.25, 0.3) is 5.91 Å². The summed E-state index contributed by atoms with van der Waals surface area (Å²) >= 11 is 1.68. The first-order valence-corrected chi connectivity index (χ1v) is 11.7. The molecule has 0 aliphatic carbocycles. The van der Waals surface area contributed by atoms with E-state index in [9.17, 15) is 4.79 Å². The lowest BCUT2D eigenvalue weighted by atomic mass is 9.96. The number of fused-ring (bicyclic) bond motifs is 1. The summed E-state index contributed by atoms with van der Waals surface area (Å²) in [6, 6.07) is 17.8. The predicted octanol–water partition coefficient (Wildman–Crippen LogP) is 6.73. The third-order valence-electron chi connectivity index (χ3n) is 5.15. The van der Waals surface area contributed by atoms with Gasteiger partial charge in [0.15, 0.2) is 0 Å². The molecule has 3 nitrogen and oxygen atoms in total. The second-order valence-corrected chi connectivity index (χ2v) is 8.07. The normalized spacial score (nSPS) is 12.8. The van der Waals surface area contributed by atoms with Crippen molar-refractivity contribution in [2.75, 3.05) is 6.26 Å². The highest BCUT2D eigenvalue weighted by molar-refractivity contribution is 7.97. The number of amides is 1. The summed E-state index contributed by atoms with van der Waals surface area (Å²) < 4.78 is 0. The van der Waals surface area contributed by atoms with Gasteiger partial charge >= 0.3 is 0 Å². The Morgan fingerprint density at radius 1 is 1.16 bits per heavy atom. The molecule has 3 aromatic rings. The van der Waals surface area contributed by atoms with Gasteiger partial charge in [-0.25, -0.2) is 4.98 Å². The lowest BCUT2D eigenvalue weighted by molar-refractivity contribution is 0.0941. The molecule has 0 aliphatic rings. The van der Waals surface area contributed by atoms with Crippen molar-refractivity contribution in [1.29, 1.82) is 0 Å². The van der Waals surface area contributed by atoms with Gasteiger partial charge in [-0.2, -0.15) is 11.8 Å². The van der Waals surface area contributed by atoms with Crippen molar-refractivity contribution in [3.8, 4) is 0 Å². The Kier molecular flexibility index (Phi) is 7.85. The summed E-state index contributed by atoms with van der Waals surface area (Å²) in [5.41, 5.74) is 5.34. The highest BCUT2D eigenvalue weighted by Crippen LogP contribution is 2.31. The first kappa shape index (κ1) is 22.6. The van der Waals surface area contributed by atoms with E-state index in [1.54, 1.807) is 17.8 Å². The van der Waals surface area contributed by atoms with Gasteiger partial charge in [0.2, 0.25) is 0 Å². The van der Waals surface area contributed by atoms with E-state index in [-0.39, 0.29) is 11.9 Å². The number of carbonyl (C=O) groups excluding carboxylic acids is 1. The van der Waals surface area contributed by atoms with Gasteiger partial charge in [-0.05, 0) is 37.3 Å². The van der Waals surface area contributed by atoms with Crippen molar-refractivity contribution >= 4 is 34.1 Å². The molecule has 0 aliphatic heterocycles. The van der Waals surface area contributed by atoms with Crippen LogP contribution in [0.4, 0.5) is 0 Å². The maximum Gasteiger partial charge on any atom is 0.252 e. The van der Waals surface area contributed by atoms with E-state index in [0.717, 1.165) is 33.3 Å². The van der Waals surface area contributed by atoms with Crippen LogP contribution in [-0.4, -0.2) is 17.1 Å². The Morgan fingerprint density at radius 3 is 2.55 bits per heavy atom. The Labute approximate surface area is 189 Å². The molecule has 158 valence electrons. The zero-order valence-corrected chi connectivity index (χ0v) is 19.1. The lowest BCUT2D eigenvalue weighted by Gasteiger charge is -2.20. The second-order valence-electron chi connectivity index (χ2n) is 7.21. The molecule has 1 amide bonds. The van der Waals surface area contributed by atoms with Crippen LogP contribution < -0.4 is 5.32 Å². The average molecular weight is 429 g/mol. The maximum atomic E-state index is 13.6. The molecule has 0 spiro atoms. The lowest BCUT2D eigenvalue weighted by Crippen LogP contribution is -2.28. The number of hydrogen-bond donors (Lipinski definition) is 1. The minimum Gasteiger partial charge on any atom is -0.345 e. The second kappa shape index (κ2) is 10.8. The molecule has 1 aromatic heterocycles. The number of thioether (sulfide) groups is 1. The summed E-state index contributed by atoms with van der Waals surface area (Å²) in [6.45, 7) is 7.77. The molecule has 31 heavy (non-hydrogen) atoms. The van der Waals surface area contributed by atoms with Crippen LogP contribution in [0.1, 0.15) is 47.1 Å². The van der Waals surface area contributed by atoms with E-state index in [0.29, 0.717) is 11.3 Å². The van der Waals surface area contributed by atoms with Crippen molar-refractivity contribution in [1.82, 2.24) is 10.3 Å². The van der Waals surface area contributed by atoms with Crippen molar-refractivity contribution in [3.63, 3.8) is 0 Å². The Balaban J connectivity index is 2.18. The number of allylic oxidation sites excluding steroid dienone is 5. The standard InChI is InChI=1S/C27H28N2OS/c1-5-7-13-20(6-2)26-23(18-31-4)25(22-16-11-12-17-24(22)29-26)27(30)28-19(3)21-14-9-8-10-15-21/h5-17,19H,1,18H2,2-4H3,(H,28,30)/b13-7-,20-6+. The topological polar surface area (TPSA) is 42.0 Å². The third-order valence-corrected chi connectivity index (χ3v) is 5.73. The number of hydrogen-bond acceptors (Lipinski definition) is 3. The molecule has 1 unspecified atom stereocenters. The molecule has 2 aromatic carbocycles. The quantitative estimate of drug-likeness (QED) is 0.404. The largest absolute Gasteiger partial charge is 0.345 e. The number of pyridine rings is 1. The highest BCUT2D eigenvalue weighted by atomic mass is 32.2. The predicted molar refractivity (Wildman–Crippen MR) is 134 cm³/mol. The fraction of sp³-hybridized carbons (Fsp3) is 0.185. The number of para-hydroxylation sites is 1. The Morgan fingerprint density at radius 2 is 1.87 bits per heavy atom. The molecule has 0 radical (unpaired) electrons. The van der Waals surface area contributed by atoms with Crippen molar-refractivity contribution in [2.45, 2.75) is 25.6 Å². The summed E-state index contributed by atoms with van der Waals surface area (Å²) in [5, 5.41) is 4.07. The van der Waals surface area contributed by atoms with Crippen LogP contribution in [0.5, 0.6) is 0 Å². The molecule has 0 saturated heterocycles. The fourth-order valence-corrected chi connectivity index (χ4v) is 4.18. The summed E-state index contributed by atoms with van der Waals surface area (Å²) in [5.74, 6) is 0.609. The zero-order chi connectivity index (χ0) is 22.2. The highest BCUT2D eigenvalue weighted by Gasteiger charge is 2.22. The van der Waals surface area contributed by atoms with E-state index in [4.69, 9.17) is 4.98 Å². The fourth-order valence-electron chi connectivity index (χ4n) is 3.61. The maximum absolute atomic E-state index is 13.6. The van der Waals surface area contributed by atoms with Crippen LogP contribution >= 0.6 is 11.8 Å². The smallest absolute Gasteiger partial charge is 0.252 e. The van der Waals surface area contributed by atoms with E-state index >= 15 is 0 Å². The molecule has 4 heteroatoms. The van der Waals surface area contributed by atoms with Gasteiger partial charge in [0, 0.05) is 16.7 Å². The molecular weight excluding hydrogens is 400 g/mol. The first-order valence-electron chi connectivity index (χ1n) is 10.3. The first-order chi connectivity index (χ1) is 15.1. The number of carbonyl (C=O) groups is 1. The van der Waals surface area contributed by atoms with Crippen molar-refractivity contribution < 1.29 is 4.79 Å². The van der Waals surface area contributed by atoms with Gasteiger partial charge in [0.05, 0.1) is 22.8 Å². The van der Waals surface area contributed by atoms with E-state index < -0.39 is 0 Å². The summed E-state index contributed by atoms with van der Waals surface area (Å²) in [4.78, 5) is 18.6. The Bertz CT molecular complexity index is 1130. The van der Waals surface area contributed by atoms with Gasteiger partial charge in [0.1, 0.15) is 0 Å². The van der Waals surface area contributed by atoms with Crippen LogP contribution in [0.15, 0.2) is 85.5 Å². The van der Waals surface area contributed by atoms with E-state index in [2.05, 4.69) is 11.9 Å². The summed E-state index contributed by atoms with van der Waals surface area (Å²) in [7, 11) is 0. The Hall–Kier alpha value is -3.11. The average Bonchev–Trinajstić information content (AvgIpc) is 2.80. The molecule has 1 N–H and O–H groups in total. The van der Waals surface area contributed by atoms with E-state index in [1.165, 1.54) is 0 Å². The SMILES string of the molecule is C=C/C=C\C(=C/C)c1nc2ccccc2c(C(=O)NC(C)c2ccccc2)c1CSC. The zero-order valence-electron chi connectivity index (χ0n) is 18.3. The monoisotopic (exact) mass is 428 g/mol. The molecule has 1 heterocycles. The summed E-state index contributed by atoms with van der Waals surface area (Å²) in [6.07, 6.45) is 9.69. The molecule has 0 fully saturated rings. The minimum absolute atomic E-state index is 0.0802. The van der Waals surface area contributed by atoms with Crippen molar-refractivity contribution in [2.24, 2.45) is 0 Å². The third kappa shape index (κ3) is 5.15. The van der Waals surface area contributed by atoms with Crippen LogP contribution in [0.3, 0.4) is 0 Å². The van der Waals surface area contributed by atoms with Gasteiger partial charge in [-0.3, -0.25) is 4.79 Å². The van der Waals surface area contributed by atoms with Gasteiger partial charge in [-0.1, -0.05) is 79.4 Å². The van der Waals surface area contributed by atoms with Crippen LogP contribution in [-0.2, 0) is 5.75 Å². The van der Waals surface area contributed by atoms with Crippen LogP contribution in [0, 0.1) is 0 Å².